The third-order valence-electron chi connectivity index (χ3n) is 5.46. The number of rotatable bonds is 6. The lowest BCUT2D eigenvalue weighted by molar-refractivity contribution is -0.138. The Morgan fingerprint density at radius 2 is 1.78 bits per heavy atom. The maximum absolute atomic E-state index is 12.7. The number of benzene rings is 1. The number of aliphatic imine (C=N–C) groups is 1. The molecule has 1 fully saturated rings. The summed E-state index contributed by atoms with van der Waals surface area (Å²) in [6.45, 7) is 5.76. The fraction of sp³-hybridized carbons (Fsp3) is 0.619. The molecular weight excluding hydrogens is 451 g/mol. The maximum atomic E-state index is 12.7. The van der Waals surface area contributed by atoms with Gasteiger partial charge in [-0.1, -0.05) is 49.6 Å². The highest BCUT2D eigenvalue weighted by Crippen LogP contribution is 2.38. The molecule has 27 heavy (non-hydrogen) atoms. The standard InChI is InChI=1S/C21H34N4O.HI/c1-16-8-10-18(11-9-16)17(2)14-23-20(22-3)24-15-21(12-6-7-13-21)19(26)25(4)5;/h8-11,17H,6-7,12-15H2,1-5H3,(H2,22,23,24);1H. The van der Waals surface area contributed by atoms with Crippen molar-refractivity contribution in [3.8, 4) is 0 Å². The predicted octanol–water partition coefficient (Wildman–Crippen LogP) is 3.53. The van der Waals surface area contributed by atoms with Crippen LogP contribution in [0.2, 0.25) is 0 Å². The van der Waals surface area contributed by atoms with E-state index in [2.05, 4.69) is 53.7 Å². The minimum atomic E-state index is -0.288. The number of hydrogen-bond donors (Lipinski definition) is 2. The molecule has 0 saturated heterocycles. The van der Waals surface area contributed by atoms with Gasteiger partial charge < -0.3 is 15.5 Å². The largest absolute Gasteiger partial charge is 0.356 e. The van der Waals surface area contributed by atoms with Crippen LogP contribution in [0.5, 0.6) is 0 Å². The molecule has 1 amide bonds. The lowest BCUT2D eigenvalue weighted by Crippen LogP contribution is -2.49. The molecule has 1 aliphatic carbocycles. The van der Waals surface area contributed by atoms with Gasteiger partial charge in [0, 0.05) is 34.2 Å². The van der Waals surface area contributed by atoms with Crippen LogP contribution in [-0.4, -0.2) is 51.0 Å². The van der Waals surface area contributed by atoms with Gasteiger partial charge in [0.25, 0.3) is 0 Å². The Kier molecular flexibility index (Phi) is 9.56. The van der Waals surface area contributed by atoms with E-state index in [1.54, 1.807) is 11.9 Å². The number of guanidine groups is 1. The van der Waals surface area contributed by atoms with E-state index in [1.807, 2.05) is 14.1 Å². The molecule has 1 atom stereocenters. The molecule has 0 bridgehead atoms. The first-order valence-corrected chi connectivity index (χ1v) is 9.61. The van der Waals surface area contributed by atoms with Crippen molar-refractivity contribution in [1.29, 1.82) is 0 Å². The van der Waals surface area contributed by atoms with Crippen LogP contribution in [0.25, 0.3) is 0 Å². The molecule has 152 valence electrons. The van der Waals surface area contributed by atoms with Gasteiger partial charge in [-0.3, -0.25) is 9.79 Å². The molecule has 0 aromatic heterocycles. The van der Waals surface area contributed by atoms with Crippen LogP contribution in [0, 0.1) is 12.3 Å². The van der Waals surface area contributed by atoms with Crippen molar-refractivity contribution in [2.45, 2.75) is 45.4 Å². The van der Waals surface area contributed by atoms with Crippen LogP contribution in [-0.2, 0) is 4.79 Å². The molecular formula is C21H35IN4O. The molecule has 2 rings (SSSR count). The Hall–Kier alpha value is -1.31. The van der Waals surface area contributed by atoms with Crippen molar-refractivity contribution in [2.24, 2.45) is 10.4 Å². The molecule has 0 aliphatic heterocycles. The fourth-order valence-corrected chi connectivity index (χ4v) is 3.73. The van der Waals surface area contributed by atoms with Gasteiger partial charge in [-0.2, -0.15) is 0 Å². The minimum Gasteiger partial charge on any atom is -0.356 e. The van der Waals surface area contributed by atoms with E-state index in [0.717, 1.165) is 38.2 Å². The predicted molar refractivity (Wildman–Crippen MR) is 124 cm³/mol. The monoisotopic (exact) mass is 486 g/mol. The van der Waals surface area contributed by atoms with E-state index in [-0.39, 0.29) is 35.3 Å². The summed E-state index contributed by atoms with van der Waals surface area (Å²) in [6, 6.07) is 8.66. The van der Waals surface area contributed by atoms with E-state index in [4.69, 9.17) is 0 Å². The molecule has 1 unspecified atom stereocenters. The van der Waals surface area contributed by atoms with Crippen molar-refractivity contribution in [2.75, 3.05) is 34.2 Å². The molecule has 2 N–H and O–H groups in total. The number of nitrogens with one attached hydrogen (secondary N) is 2. The van der Waals surface area contributed by atoms with Gasteiger partial charge in [0.05, 0.1) is 5.41 Å². The molecule has 0 radical (unpaired) electrons. The van der Waals surface area contributed by atoms with Gasteiger partial charge in [-0.25, -0.2) is 0 Å². The van der Waals surface area contributed by atoms with Crippen molar-refractivity contribution < 1.29 is 4.79 Å². The smallest absolute Gasteiger partial charge is 0.230 e. The van der Waals surface area contributed by atoms with Gasteiger partial charge in [0.15, 0.2) is 5.96 Å². The summed E-state index contributed by atoms with van der Waals surface area (Å²) in [4.78, 5) is 18.7. The third-order valence-corrected chi connectivity index (χ3v) is 5.46. The van der Waals surface area contributed by atoms with Gasteiger partial charge in [0.1, 0.15) is 0 Å². The van der Waals surface area contributed by atoms with Crippen LogP contribution < -0.4 is 10.6 Å². The van der Waals surface area contributed by atoms with Gasteiger partial charge in [-0.15, -0.1) is 24.0 Å². The van der Waals surface area contributed by atoms with Crippen LogP contribution in [0.4, 0.5) is 0 Å². The van der Waals surface area contributed by atoms with E-state index >= 15 is 0 Å². The summed E-state index contributed by atoms with van der Waals surface area (Å²) in [7, 11) is 5.47. The van der Waals surface area contributed by atoms with Crippen LogP contribution in [0.15, 0.2) is 29.3 Å². The van der Waals surface area contributed by atoms with Crippen LogP contribution >= 0.6 is 24.0 Å². The second-order valence-corrected chi connectivity index (χ2v) is 7.81. The summed E-state index contributed by atoms with van der Waals surface area (Å²) in [5, 5.41) is 6.80. The second kappa shape index (κ2) is 10.9. The lowest BCUT2D eigenvalue weighted by atomic mass is 9.84. The number of carbonyl (C=O) groups is 1. The Morgan fingerprint density at radius 1 is 1.19 bits per heavy atom. The number of hydrogen-bond acceptors (Lipinski definition) is 2. The van der Waals surface area contributed by atoms with Gasteiger partial charge in [-0.05, 0) is 31.2 Å². The zero-order chi connectivity index (χ0) is 19.2. The van der Waals surface area contributed by atoms with Crippen LogP contribution in [0.3, 0.4) is 0 Å². The molecule has 0 heterocycles. The van der Waals surface area contributed by atoms with Crippen molar-refractivity contribution >= 4 is 35.8 Å². The zero-order valence-corrected chi connectivity index (χ0v) is 19.7. The van der Waals surface area contributed by atoms with E-state index in [9.17, 15) is 4.79 Å². The quantitative estimate of drug-likeness (QED) is 0.368. The number of aryl methyl sites for hydroxylation is 1. The first-order chi connectivity index (χ1) is 12.4. The van der Waals surface area contributed by atoms with E-state index < -0.39 is 0 Å². The summed E-state index contributed by atoms with van der Waals surface area (Å²) in [5.41, 5.74) is 2.30. The summed E-state index contributed by atoms with van der Waals surface area (Å²) in [5.74, 6) is 1.38. The molecule has 6 heteroatoms. The highest BCUT2D eigenvalue weighted by molar-refractivity contribution is 14.0. The average molecular weight is 486 g/mol. The molecule has 1 aliphatic rings. The second-order valence-electron chi connectivity index (χ2n) is 7.81. The van der Waals surface area contributed by atoms with Crippen molar-refractivity contribution in [3.05, 3.63) is 35.4 Å². The first-order valence-electron chi connectivity index (χ1n) is 9.61. The Morgan fingerprint density at radius 3 is 2.30 bits per heavy atom. The number of carbonyl (C=O) groups excluding carboxylic acids is 1. The highest BCUT2D eigenvalue weighted by Gasteiger charge is 2.42. The Balaban J connectivity index is 0.00000364. The van der Waals surface area contributed by atoms with Crippen molar-refractivity contribution in [1.82, 2.24) is 15.5 Å². The van der Waals surface area contributed by atoms with Crippen molar-refractivity contribution in [3.63, 3.8) is 0 Å². The minimum absolute atomic E-state index is 0. The summed E-state index contributed by atoms with van der Waals surface area (Å²) < 4.78 is 0. The fourth-order valence-electron chi connectivity index (χ4n) is 3.73. The summed E-state index contributed by atoms with van der Waals surface area (Å²) >= 11 is 0. The molecule has 1 saturated carbocycles. The Bertz CT molecular complexity index is 622. The first kappa shape index (κ1) is 23.7. The third kappa shape index (κ3) is 6.36. The molecule has 5 nitrogen and oxygen atoms in total. The molecule has 1 aromatic rings. The van der Waals surface area contributed by atoms with Gasteiger partial charge >= 0.3 is 0 Å². The Labute approximate surface area is 181 Å². The van der Waals surface area contributed by atoms with Gasteiger partial charge in [0.2, 0.25) is 5.91 Å². The maximum Gasteiger partial charge on any atom is 0.230 e. The normalized spacial score (nSPS) is 17.0. The van der Waals surface area contributed by atoms with Crippen LogP contribution in [0.1, 0.15) is 49.7 Å². The topological polar surface area (TPSA) is 56.7 Å². The molecule has 1 aromatic carbocycles. The van der Waals surface area contributed by atoms with E-state index in [1.165, 1.54) is 11.1 Å². The highest BCUT2D eigenvalue weighted by atomic mass is 127. The average Bonchev–Trinajstić information content (AvgIpc) is 3.11. The molecule has 0 spiro atoms. The van der Waals surface area contributed by atoms with E-state index in [0.29, 0.717) is 12.5 Å². The summed E-state index contributed by atoms with van der Waals surface area (Å²) in [6.07, 6.45) is 4.15. The SMILES string of the molecule is CN=C(NCC(C)c1ccc(C)cc1)NCC1(C(=O)N(C)C)CCCC1.I. The zero-order valence-electron chi connectivity index (χ0n) is 17.3. The number of halogens is 1. The number of nitrogens with zero attached hydrogens (tertiary/aromatic N) is 2. The number of amides is 1. The lowest BCUT2D eigenvalue weighted by Gasteiger charge is -2.31.